The van der Waals surface area contributed by atoms with Crippen LogP contribution in [0.25, 0.3) is 0 Å². The summed E-state index contributed by atoms with van der Waals surface area (Å²) in [6.07, 6.45) is 1.77. The SMILES string of the molecule is COc1cc(C(=O)N[C@H]2CC[C@@H](C(=O)O)C2)ccc1Cl. The highest BCUT2D eigenvalue weighted by Crippen LogP contribution is 2.27. The van der Waals surface area contributed by atoms with Crippen LogP contribution in [0.1, 0.15) is 29.6 Å². The third-order valence-corrected chi connectivity index (χ3v) is 3.84. The number of rotatable bonds is 4. The average Bonchev–Trinajstić information content (AvgIpc) is 2.88. The Hall–Kier alpha value is -1.75. The highest BCUT2D eigenvalue weighted by atomic mass is 35.5. The molecule has 6 heteroatoms. The number of carboxylic acid groups (broad SMARTS) is 1. The van der Waals surface area contributed by atoms with E-state index in [0.29, 0.717) is 35.6 Å². The maximum atomic E-state index is 12.1. The van der Waals surface area contributed by atoms with Gasteiger partial charge in [-0.2, -0.15) is 0 Å². The molecule has 1 aromatic carbocycles. The quantitative estimate of drug-likeness (QED) is 0.894. The number of hydrogen-bond donors (Lipinski definition) is 2. The fourth-order valence-electron chi connectivity index (χ4n) is 2.41. The fraction of sp³-hybridized carbons (Fsp3) is 0.429. The van der Waals surface area contributed by atoms with E-state index < -0.39 is 5.97 Å². The summed E-state index contributed by atoms with van der Waals surface area (Å²) in [5.41, 5.74) is 0.449. The third-order valence-electron chi connectivity index (χ3n) is 3.53. The van der Waals surface area contributed by atoms with Gasteiger partial charge in [-0.25, -0.2) is 0 Å². The van der Waals surface area contributed by atoms with Crippen LogP contribution in [0.5, 0.6) is 5.75 Å². The van der Waals surface area contributed by atoms with Crippen molar-refractivity contribution in [3.05, 3.63) is 28.8 Å². The van der Waals surface area contributed by atoms with E-state index >= 15 is 0 Å². The molecule has 1 aliphatic carbocycles. The van der Waals surface area contributed by atoms with Crippen LogP contribution >= 0.6 is 11.6 Å². The Morgan fingerprint density at radius 3 is 2.75 bits per heavy atom. The molecule has 5 nitrogen and oxygen atoms in total. The zero-order chi connectivity index (χ0) is 14.7. The van der Waals surface area contributed by atoms with Crippen molar-refractivity contribution >= 4 is 23.5 Å². The summed E-state index contributed by atoms with van der Waals surface area (Å²) in [6.45, 7) is 0. The van der Waals surface area contributed by atoms with Crippen LogP contribution in [-0.2, 0) is 4.79 Å². The first kappa shape index (κ1) is 14.7. The molecule has 0 heterocycles. The number of ether oxygens (including phenoxy) is 1. The van der Waals surface area contributed by atoms with Crippen LogP contribution in [0.4, 0.5) is 0 Å². The lowest BCUT2D eigenvalue weighted by atomic mass is 10.1. The Bertz CT molecular complexity index is 532. The molecule has 2 N–H and O–H groups in total. The molecule has 0 radical (unpaired) electrons. The van der Waals surface area contributed by atoms with Gasteiger partial charge in [0.25, 0.3) is 5.91 Å². The van der Waals surface area contributed by atoms with Gasteiger partial charge in [-0.1, -0.05) is 11.6 Å². The zero-order valence-electron chi connectivity index (χ0n) is 11.1. The number of aliphatic carboxylic acids is 1. The Morgan fingerprint density at radius 2 is 2.15 bits per heavy atom. The molecule has 0 unspecified atom stereocenters. The maximum Gasteiger partial charge on any atom is 0.306 e. The molecule has 20 heavy (non-hydrogen) atoms. The van der Waals surface area contributed by atoms with E-state index in [-0.39, 0.29) is 17.9 Å². The number of methoxy groups -OCH3 is 1. The van der Waals surface area contributed by atoms with Crippen LogP contribution < -0.4 is 10.1 Å². The molecule has 0 aromatic heterocycles. The molecule has 0 saturated heterocycles. The number of amides is 1. The van der Waals surface area contributed by atoms with Gasteiger partial charge in [0.2, 0.25) is 0 Å². The molecular formula is C14H16ClNO4. The van der Waals surface area contributed by atoms with Crippen LogP contribution in [0, 0.1) is 5.92 Å². The van der Waals surface area contributed by atoms with E-state index in [1.807, 2.05) is 0 Å². The second kappa shape index (κ2) is 6.13. The molecule has 2 atom stereocenters. The summed E-state index contributed by atoms with van der Waals surface area (Å²) in [7, 11) is 1.48. The number of carbonyl (C=O) groups is 2. The van der Waals surface area contributed by atoms with Crippen molar-refractivity contribution in [2.45, 2.75) is 25.3 Å². The van der Waals surface area contributed by atoms with Crippen molar-refractivity contribution in [2.75, 3.05) is 7.11 Å². The van der Waals surface area contributed by atoms with Crippen molar-refractivity contribution < 1.29 is 19.4 Å². The topological polar surface area (TPSA) is 75.6 Å². The number of nitrogens with one attached hydrogen (secondary N) is 1. The van der Waals surface area contributed by atoms with E-state index in [1.165, 1.54) is 7.11 Å². The summed E-state index contributed by atoms with van der Waals surface area (Å²) in [4.78, 5) is 23.0. The lowest BCUT2D eigenvalue weighted by Gasteiger charge is -2.13. The minimum absolute atomic E-state index is 0.0923. The molecule has 1 aliphatic rings. The van der Waals surface area contributed by atoms with Crippen molar-refractivity contribution in [1.29, 1.82) is 0 Å². The lowest BCUT2D eigenvalue weighted by molar-refractivity contribution is -0.141. The predicted octanol–water partition coefficient (Wildman–Crippen LogP) is 2.33. The molecular weight excluding hydrogens is 282 g/mol. The van der Waals surface area contributed by atoms with E-state index in [2.05, 4.69) is 5.32 Å². The molecule has 1 aromatic rings. The molecule has 0 spiro atoms. The fourth-order valence-corrected chi connectivity index (χ4v) is 2.60. The van der Waals surface area contributed by atoms with E-state index in [1.54, 1.807) is 18.2 Å². The molecule has 0 aliphatic heterocycles. The van der Waals surface area contributed by atoms with Gasteiger partial charge < -0.3 is 15.2 Å². The first-order valence-corrected chi connectivity index (χ1v) is 6.76. The first-order valence-electron chi connectivity index (χ1n) is 6.38. The molecule has 1 saturated carbocycles. The summed E-state index contributed by atoms with van der Waals surface area (Å²) in [5.74, 6) is -0.958. The Kier molecular flexibility index (Phi) is 4.49. The smallest absolute Gasteiger partial charge is 0.306 e. The van der Waals surface area contributed by atoms with E-state index in [4.69, 9.17) is 21.4 Å². The Balaban J connectivity index is 2.00. The van der Waals surface area contributed by atoms with Gasteiger partial charge in [0.05, 0.1) is 18.1 Å². The number of carbonyl (C=O) groups excluding carboxylic acids is 1. The molecule has 2 rings (SSSR count). The zero-order valence-corrected chi connectivity index (χ0v) is 11.8. The molecule has 0 bridgehead atoms. The standard InChI is InChI=1S/C14H16ClNO4/c1-20-12-7-8(3-5-11(12)15)13(17)16-10-4-2-9(6-10)14(18)19/h3,5,7,9-10H,2,4,6H2,1H3,(H,16,17)(H,18,19)/t9-,10+/m1/s1. The number of halogens is 1. The highest BCUT2D eigenvalue weighted by molar-refractivity contribution is 6.32. The van der Waals surface area contributed by atoms with Gasteiger partial charge in [-0.05, 0) is 37.5 Å². The minimum atomic E-state index is -0.796. The van der Waals surface area contributed by atoms with Crippen LogP contribution in [0.2, 0.25) is 5.02 Å². The molecule has 1 fully saturated rings. The van der Waals surface area contributed by atoms with Crippen molar-refractivity contribution in [1.82, 2.24) is 5.32 Å². The maximum absolute atomic E-state index is 12.1. The minimum Gasteiger partial charge on any atom is -0.495 e. The first-order chi connectivity index (χ1) is 9.51. The lowest BCUT2D eigenvalue weighted by Crippen LogP contribution is -2.33. The second-order valence-electron chi connectivity index (χ2n) is 4.87. The number of hydrogen-bond acceptors (Lipinski definition) is 3. The third kappa shape index (κ3) is 3.22. The largest absolute Gasteiger partial charge is 0.495 e. The number of carboxylic acids is 1. The highest BCUT2D eigenvalue weighted by Gasteiger charge is 2.30. The Labute approximate surface area is 121 Å². The van der Waals surface area contributed by atoms with Gasteiger partial charge in [-0.3, -0.25) is 9.59 Å². The van der Waals surface area contributed by atoms with E-state index in [0.717, 1.165) is 0 Å². The van der Waals surface area contributed by atoms with Crippen LogP contribution in [0.15, 0.2) is 18.2 Å². The van der Waals surface area contributed by atoms with Crippen molar-refractivity contribution in [3.8, 4) is 5.75 Å². The van der Waals surface area contributed by atoms with E-state index in [9.17, 15) is 9.59 Å². The van der Waals surface area contributed by atoms with Gasteiger partial charge in [0, 0.05) is 11.6 Å². The van der Waals surface area contributed by atoms with Gasteiger partial charge in [0.1, 0.15) is 5.75 Å². The summed E-state index contributed by atoms with van der Waals surface area (Å²) >= 11 is 5.90. The summed E-state index contributed by atoms with van der Waals surface area (Å²) in [6, 6.07) is 4.69. The molecule has 108 valence electrons. The second-order valence-corrected chi connectivity index (χ2v) is 5.28. The monoisotopic (exact) mass is 297 g/mol. The summed E-state index contributed by atoms with van der Waals surface area (Å²) in [5, 5.41) is 12.2. The number of benzene rings is 1. The molecule has 1 amide bonds. The van der Waals surface area contributed by atoms with Gasteiger partial charge in [-0.15, -0.1) is 0 Å². The van der Waals surface area contributed by atoms with Gasteiger partial charge in [0.15, 0.2) is 0 Å². The van der Waals surface area contributed by atoms with Crippen LogP contribution in [-0.4, -0.2) is 30.1 Å². The average molecular weight is 298 g/mol. The predicted molar refractivity (Wildman–Crippen MR) is 74.2 cm³/mol. The van der Waals surface area contributed by atoms with Crippen molar-refractivity contribution in [3.63, 3.8) is 0 Å². The summed E-state index contributed by atoms with van der Waals surface area (Å²) < 4.78 is 5.06. The van der Waals surface area contributed by atoms with Gasteiger partial charge >= 0.3 is 5.97 Å². The Morgan fingerprint density at radius 1 is 1.40 bits per heavy atom. The van der Waals surface area contributed by atoms with Crippen LogP contribution in [0.3, 0.4) is 0 Å². The van der Waals surface area contributed by atoms with Crippen molar-refractivity contribution in [2.24, 2.45) is 5.92 Å². The normalized spacial score (nSPS) is 21.5.